The highest BCUT2D eigenvalue weighted by atomic mass is 16.5. The van der Waals surface area contributed by atoms with Crippen LogP contribution in [0.5, 0.6) is 0 Å². The molecule has 4 aromatic rings. The number of nitrogens with one attached hydrogen (secondary N) is 1. The molecule has 7 heteroatoms. The van der Waals surface area contributed by atoms with Gasteiger partial charge in [0.25, 0.3) is 0 Å². The van der Waals surface area contributed by atoms with E-state index in [2.05, 4.69) is 15.4 Å². The maximum absolute atomic E-state index is 13.7. The molecule has 0 bridgehead atoms. The first-order valence-corrected chi connectivity index (χ1v) is 11.6. The number of carboxylic acid groups (broad SMARTS) is 1. The summed E-state index contributed by atoms with van der Waals surface area (Å²) in [4.78, 5) is 27.9. The second-order valence-electron chi connectivity index (χ2n) is 8.81. The quantitative estimate of drug-likeness (QED) is 0.352. The van der Waals surface area contributed by atoms with E-state index in [-0.39, 0.29) is 11.3 Å². The van der Waals surface area contributed by atoms with Gasteiger partial charge in [0.05, 0.1) is 33.6 Å². The fourth-order valence-electron chi connectivity index (χ4n) is 5.12. The molecule has 2 heterocycles. The van der Waals surface area contributed by atoms with Crippen molar-refractivity contribution in [3.63, 3.8) is 0 Å². The van der Waals surface area contributed by atoms with Crippen LogP contribution in [-0.4, -0.2) is 35.1 Å². The largest absolute Gasteiger partial charge is 0.478 e. The van der Waals surface area contributed by atoms with E-state index in [1.165, 1.54) is 12.8 Å². The van der Waals surface area contributed by atoms with Crippen LogP contribution in [0.1, 0.15) is 52.0 Å². The van der Waals surface area contributed by atoms with Gasteiger partial charge < -0.3 is 19.8 Å². The smallest absolute Gasteiger partial charge is 0.337 e. The average Bonchev–Trinajstić information content (AvgIpc) is 3.11. The van der Waals surface area contributed by atoms with Gasteiger partial charge in [-0.05, 0) is 31.0 Å². The minimum atomic E-state index is -1.03. The Morgan fingerprint density at radius 2 is 1.65 bits per heavy atom. The van der Waals surface area contributed by atoms with Crippen LogP contribution in [0.3, 0.4) is 0 Å². The van der Waals surface area contributed by atoms with E-state index in [1.54, 1.807) is 30.3 Å². The molecule has 7 nitrogen and oxygen atoms in total. The van der Waals surface area contributed by atoms with Gasteiger partial charge in [-0.2, -0.15) is 0 Å². The average molecular weight is 453 g/mol. The molecule has 1 saturated heterocycles. The first-order valence-electron chi connectivity index (χ1n) is 11.6. The number of hydrogen-bond acceptors (Lipinski definition) is 6. The van der Waals surface area contributed by atoms with Crippen LogP contribution in [0.25, 0.3) is 22.2 Å². The van der Waals surface area contributed by atoms with Gasteiger partial charge >= 0.3 is 5.97 Å². The molecule has 34 heavy (non-hydrogen) atoms. The Kier molecular flexibility index (Phi) is 4.83. The molecular weight excluding hydrogens is 430 g/mol. The lowest BCUT2D eigenvalue weighted by atomic mass is 9.86. The van der Waals surface area contributed by atoms with Crippen LogP contribution in [0, 0.1) is 0 Å². The number of carbonyl (C=O) groups excluding carboxylic acids is 1. The molecule has 0 amide bonds. The first-order chi connectivity index (χ1) is 16.6. The minimum Gasteiger partial charge on any atom is -0.478 e. The summed E-state index contributed by atoms with van der Waals surface area (Å²) in [5, 5.41) is 18.1. The number of nitrogens with zero attached hydrogens (tertiary/aromatic N) is 2. The summed E-state index contributed by atoms with van der Waals surface area (Å²) in [5.74, 6) is -0.589. The molecule has 2 aliphatic rings. The third-order valence-corrected chi connectivity index (χ3v) is 6.75. The van der Waals surface area contributed by atoms with Gasteiger partial charge in [0.15, 0.2) is 11.5 Å². The van der Waals surface area contributed by atoms with Crippen molar-refractivity contribution in [1.29, 1.82) is 0 Å². The summed E-state index contributed by atoms with van der Waals surface area (Å²) in [7, 11) is 0. The summed E-state index contributed by atoms with van der Waals surface area (Å²) < 4.78 is 5.85. The zero-order valence-corrected chi connectivity index (χ0v) is 18.5. The molecule has 6 rings (SSSR count). The SMILES string of the molecule is O=C(O)c1ccccc1Nc1cc(N2CCCCCC2)c2noc3c2c1C(=O)c1ccccc1-3. The van der Waals surface area contributed by atoms with Gasteiger partial charge in [0.1, 0.15) is 5.52 Å². The zero-order valence-electron chi connectivity index (χ0n) is 18.5. The molecule has 2 N–H and O–H groups in total. The Balaban J connectivity index is 1.61. The van der Waals surface area contributed by atoms with Crippen LogP contribution in [0.2, 0.25) is 0 Å². The molecule has 170 valence electrons. The van der Waals surface area contributed by atoms with Gasteiger partial charge in [-0.25, -0.2) is 4.79 Å². The number of benzene rings is 3. The Morgan fingerprint density at radius 3 is 2.41 bits per heavy atom. The van der Waals surface area contributed by atoms with E-state index in [4.69, 9.17) is 4.52 Å². The lowest BCUT2D eigenvalue weighted by molar-refractivity contribution is 0.0698. The van der Waals surface area contributed by atoms with Crippen molar-refractivity contribution in [1.82, 2.24) is 5.16 Å². The Bertz CT molecular complexity index is 1450. The second-order valence-corrected chi connectivity index (χ2v) is 8.81. The van der Waals surface area contributed by atoms with Gasteiger partial charge in [-0.15, -0.1) is 0 Å². The van der Waals surface area contributed by atoms with Crippen molar-refractivity contribution < 1.29 is 19.2 Å². The minimum absolute atomic E-state index is 0.131. The van der Waals surface area contributed by atoms with Crippen molar-refractivity contribution in [3.8, 4) is 11.3 Å². The van der Waals surface area contributed by atoms with Crippen LogP contribution in [-0.2, 0) is 0 Å². The van der Waals surface area contributed by atoms with Crippen molar-refractivity contribution in [2.75, 3.05) is 23.3 Å². The van der Waals surface area contributed by atoms with Gasteiger partial charge in [0, 0.05) is 24.2 Å². The molecule has 1 aromatic heterocycles. The maximum Gasteiger partial charge on any atom is 0.337 e. The second kappa shape index (κ2) is 8.02. The predicted octanol–water partition coefficient (Wildman–Crippen LogP) is 5.86. The number of anilines is 3. The van der Waals surface area contributed by atoms with Crippen molar-refractivity contribution >= 4 is 39.7 Å². The standard InChI is InChI=1S/C27H23N3O4/c31-25-16-9-3-4-10-17(16)26-23-22(25)20(28-19-12-6-5-11-18(19)27(32)33)15-21(24(23)29-34-26)30-13-7-1-2-8-14-30/h3-6,9-12,15,28H,1-2,7-8,13-14H2,(H,32,33). The maximum atomic E-state index is 13.7. The Morgan fingerprint density at radius 1 is 0.941 bits per heavy atom. The van der Waals surface area contributed by atoms with Crippen LogP contribution >= 0.6 is 0 Å². The number of aromatic carboxylic acids is 1. The van der Waals surface area contributed by atoms with E-state index < -0.39 is 5.97 Å². The van der Waals surface area contributed by atoms with Crippen LogP contribution in [0.15, 0.2) is 59.1 Å². The third-order valence-electron chi connectivity index (χ3n) is 6.75. The number of fused-ring (bicyclic) bond motifs is 2. The lowest BCUT2D eigenvalue weighted by Crippen LogP contribution is -2.25. The molecule has 1 aliphatic heterocycles. The molecular formula is C27H23N3O4. The topological polar surface area (TPSA) is 95.7 Å². The number of carbonyl (C=O) groups is 2. The fraction of sp³-hybridized carbons (Fsp3) is 0.222. The molecule has 1 fully saturated rings. The monoisotopic (exact) mass is 453 g/mol. The van der Waals surface area contributed by atoms with Crippen molar-refractivity contribution in [3.05, 3.63) is 71.3 Å². The normalized spacial score (nSPS) is 15.2. The van der Waals surface area contributed by atoms with Crippen LogP contribution < -0.4 is 10.2 Å². The van der Waals surface area contributed by atoms with Gasteiger partial charge in [0.2, 0.25) is 0 Å². The summed E-state index contributed by atoms with van der Waals surface area (Å²) in [6, 6.07) is 16.0. The molecule has 0 radical (unpaired) electrons. The van der Waals surface area contributed by atoms with E-state index >= 15 is 0 Å². The molecule has 0 atom stereocenters. The van der Waals surface area contributed by atoms with E-state index in [9.17, 15) is 14.7 Å². The molecule has 0 spiro atoms. The molecule has 0 unspecified atom stereocenters. The highest BCUT2D eigenvalue weighted by molar-refractivity contribution is 6.29. The number of hydrogen-bond donors (Lipinski definition) is 2. The number of rotatable bonds is 4. The Hall–Kier alpha value is -4.13. The van der Waals surface area contributed by atoms with E-state index in [0.29, 0.717) is 39.2 Å². The van der Waals surface area contributed by atoms with Crippen molar-refractivity contribution in [2.24, 2.45) is 0 Å². The molecule has 1 aliphatic carbocycles. The predicted molar refractivity (Wildman–Crippen MR) is 130 cm³/mol. The fourth-order valence-corrected chi connectivity index (χ4v) is 5.12. The summed E-state index contributed by atoms with van der Waals surface area (Å²) in [6.45, 7) is 1.79. The Labute approximate surface area is 196 Å². The highest BCUT2D eigenvalue weighted by Crippen LogP contribution is 2.46. The number of carboxylic acids is 1. The van der Waals surface area contributed by atoms with Gasteiger partial charge in [-0.1, -0.05) is 54.4 Å². The number of para-hydroxylation sites is 1. The van der Waals surface area contributed by atoms with E-state index in [0.717, 1.165) is 37.2 Å². The number of aromatic nitrogens is 1. The molecule has 0 saturated carbocycles. The third kappa shape index (κ3) is 3.15. The zero-order chi connectivity index (χ0) is 23.2. The van der Waals surface area contributed by atoms with Crippen molar-refractivity contribution in [2.45, 2.75) is 25.7 Å². The van der Waals surface area contributed by atoms with Gasteiger partial charge in [-0.3, -0.25) is 4.79 Å². The highest BCUT2D eigenvalue weighted by Gasteiger charge is 2.34. The number of ketones is 1. The lowest BCUT2D eigenvalue weighted by Gasteiger charge is -2.26. The molecule has 3 aromatic carbocycles. The first kappa shape index (κ1) is 20.5. The van der Waals surface area contributed by atoms with E-state index in [1.807, 2.05) is 24.3 Å². The summed E-state index contributed by atoms with van der Waals surface area (Å²) in [6.07, 6.45) is 4.54. The summed E-state index contributed by atoms with van der Waals surface area (Å²) in [5.41, 5.74) is 4.44. The van der Waals surface area contributed by atoms with Crippen LogP contribution in [0.4, 0.5) is 17.1 Å². The summed E-state index contributed by atoms with van der Waals surface area (Å²) >= 11 is 0.